The molecule has 16 rings (SSSR count). The summed E-state index contributed by atoms with van der Waals surface area (Å²) in [5.41, 5.74) is 5.44. The van der Waals surface area contributed by atoms with Gasteiger partial charge in [0.15, 0.2) is 5.84 Å². The summed E-state index contributed by atoms with van der Waals surface area (Å²) < 4.78 is 21.7. The van der Waals surface area contributed by atoms with Crippen molar-refractivity contribution in [3.8, 4) is 69.8 Å². The Kier molecular flexibility index (Phi) is 23.3. The van der Waals surface area contributed by atoms with Gasteiger partial charge in [0.2, 0.25) is 16.6 Å². The minimum atomic E-state index is -1.61. The molecule has 2 unspecified atom stereocenters. The van der Waals surface area contributed by atoms with E-state index in [1.807, 2.05) is 91.9 Å². The molecule has 10 heterocycles. The van der Waals surface area contributed by atoms with Crippen LogP contribution in [0.1, 0.15) is 127 Å². The molecule has 5 fully saturated rings. The lowest BCUT2D eigenvalue weighted by atomic mass is 9.94. The largest absolute Gasteiger partial charge is 0.497 e. The molecule has 6 aromatic carbocycles. The number of aromatic nitrogens is 1. The van der Waals surface area contributed by atoms with Crippen molar-refractivity contribution in [2.24, 2.45) is 5.16 Å². The molecule has 5 atom stereocenters. The number of carbonyl (C=O) groups is 9. The van der Waals surface area contributed by atoms with E-state index in [1.54, 1.807) is 54.7 Å². The maximum atomic E-state index is 13.1. The summed E-state index contributed by atoms with van der Waals surface area (Å²) in [6, 6.07) is 38.3. The van der Waals surface area contributed by atoms with Gasteiger partial charge in [-0.15, -0.1) is 0 Å². The van der Waals surface area contributed by atoms with E-state index in [0.717, 1.165) is 116 Å². The van der Waals surface area contributed by atoms with Crippen molar-refractivity contribution >= 4 is 59.4 Å². The monoisotopic (exact) mass is 1580 g/mol. The van der Waals surface area contributed by atoms with Gasteiger partial charge in [-0.3, -0.25) is 59.5 Å². The molecule has 8 N–H and O–H groups in total. The van der Waals surface area contributed by atoms with Crippen LogP contribution in [0.25, 0.3) is 11.3 Å². The predicted molar refractivity (Wildman–Crippen MR) is 428 cm³/mol. The Labute approximate surface area is 676 Å². The van der Waals surface area contributed by atoms with E-state index in [1.165, 1.54) is 36.0 Å². The summed E-state index contributed by atoms with van der Waals surface area (Å²) >= 11 is 0. The van der Waals surface area contributed by atoms with Crippen LogP contribution in [0.3, 0.4) is 0 Å². The number of oxime groups is 1. The molecule has 9 aliphatic heterocycles. The molecule has 9 aliphatic rings. The number of nitrogens with one attached hydrogen (secondary N) is 6. The fourth-order valence-electron chi connectivity index (χ4n) is 15.8. The highest BCUT2D eigenvalue weighted by molar-refractivity contribution is 6.12. The van der Waals surface area contributed by atoms with Crippen molar-refractivity contribution in [1.29, 1.82) is 0 Å². The third kappa shape index (κ3) is 16.8. The lowest BCUT2D eigenvalue weighted by Gasteiger charge is -2.38. The van der Waals surface area contributed by atoms with Crippen molar-refractivity contribution in [3.05, 3.63) is 206 Å². The van der Waals surface area contributed by atoms with E-state index in [4.69, 9.17) is 18.9 Å². The molecule has 5 saturated heterocycles. The van der Waals surface area contributed by atoms with Crippen molar-refractivity contribution in [1.82, 2.24) is 71.2 Å². The number of methoxy groups -OCH3 is 3. The Morgan fingerprint density at radius 1 is 0.547 bits per heavy atom. The fourth-order valence-corrected chi connectivity index (χ4v) is 15.8. The second-order valence-corrected chi connectivity index (χ2v) is 29.9. The van der Waals surface area contributed by atoms with Crippen LogP contribution in [0.5, 0.6) is 23.0 Å². The van der Waals surface area contributed by atoms with Gasteiger partial charge < -0.3 is 69.7 Å². The standard InChI is InChI=1S/C30H34N6O5.C29H33N5O5.C28H22N4O5/c1-20(2)34-13-4-14-35(16-15-34)26(33-40)22-7-5-21(6-8-22)11-12-30(28(38)31-29(39)32-30)19-36-18-23-9-10-24(41-3)17-25(23)27(36)37;1-3-32-12-14-33(15-13-32)25(18-35)21-6-4-20(5-7-21)10-11-29(27(37)30-28(38)31-29)19-34-17-22-8-9-23(39-2)16-24(22)26(34)36;1-16-21-12-17(5-8-20(21)24-23(37-16)4-3-11-29-24)9-10-28(26(34)30-27(35)31-28)15-32-14-18-6-7-19(36-2)13-22(18)25(32)33/h5-10,17,20,40H,4,13-16,18-19H2,1-3H3,(H2,31,32,38,39);4-9,16,25,35H,3,12-15,17-19H2,1-2H3,(H2,30,31,37,38);3-8,11-13,16H,14-15H2,1-2H3,(H2,30,31,34,35)/t30-;25?,29-;16?,28-/m111/s1. The number of aliphatic hydroxyl groups is 1. The third-order valence-electron chi connectivity index (χ3n) is 22.3. The first-order valence-corrected chi connectivity index (χ1v) is 38.6. The minimum absolute atomic E-state index is 0.0184. The van der Waals surface area contributed by atoms with Crippen LogP contribution in [0.15, 0.2) is 145 Å². The second-order valence-electron chi connectivity index (χ2n) is 29.9. The first kappa shape index (κ1) is 80.3. The van der Waals surface area contributed by atoms with Gasteiger partial charge in [0.1, 0.15) is 34.8 Å². The zero-order chi connectivity index (χ0) is 82.5. The predicted octanol–water partition coefficient (Wildman–Crippen LogP) is 5.58. The number of amides is 12. The number of carbonyl (C=O) groups excluding carboxylic acids is 9. The molecule has 0 bridgehead atoms. The van der Waals surface area contributed by atoms with Crippen molar-refractivity contribution in [2.45, 2.75) is 88.6 Å². The van der Waals surface area contributed by atoms with Gasteiger partial charge in [0, 0.05) is 134 Å². The van der Waals surface area contributed by atoms with Crippen molar-refractivity contribution < 1.29 is 72.4 Å². The normalized spacial score (nSPS) is 21.5. The van der Waals surface area contributed by atoms with Gasteiger partial charge in [0.25, 0.3) is 35.4 Å². The number of aliphatic hydroxyl groups excluding tert-OH is 1. The molecule has 0 aliphatic carbocycles. The zero-order valence-corrected chi connectivity index (χ0v) is 65.8. The smallest absolute Gasteiger partial charge is 0.323 e. The molecule has 0 spiro atoms. The molecule has 117 heavy (non-hydrogen) atoms. The summed E-state index contributed by atoms with van der Waals surface area (Å²) in [6.45, 7) is 17.2. The van der Waals surface area contributed by atoms with E-state index in [0.29, 0.717) is 75.6 Å². The molecule has 1 aromatic heterocycles. The van der Waals surface area contributed by atoms with Crippen LogP contribution in [0, 0.1) is 35.5 Å². The molecular formula is C87H89N15O15. The summed E-state index contributed by atoms with van der Waals surface area (Å²) in [6.07, 6.45) is 2.47. The van der Waals surface area contributed by atoms with E-state index >= 15 is 0 Å². The van der Waals surface area contributed by atoms with Gasteiger partial charge >= 0.3 is 18.1 Å². The number of urea groups is 3. The Morgan fingerprint density at radius 2 is 1.00 bits per heavy atom. The lowest BCUT2D eigenvalue weighted by molar-refractivity contribution is -0.123. The second kappa shape index (κ2) is 34.0. The molecule has 30 nitrogen and oxygen atoms in total. The first-order valence-electron chi connectivity index (χ1n) is 38.6. The molecule has 12 amide bonds. The van der Waals surface area contributed by atoms with Crippen LogP contribution in [-0.4, -0.2) is 238 Å². The van der Waals surface area contributed by atoms with Gasteiger partial charge in [-0.05, 0) is 153 Å². The summed E-state index contributed by atoms with van der Waals surface area (Å²) in [5.74, 6) is 18.2. The maximum absolute atomic E-state index is 13.1. The number of fused-ring (bicyclic) bond motifs is 6. The summed E-state index contributed by atoms with van der Waals surface area (Å²) in [7, 11) is 4.59. The number of imide groups is 3. The Balaban J connectivity index is 0.000000145. The van der Waals surface area contributed by atoms with Crippen LogP contribution in [-0.2, 0) is 34.0 Å². The number of hydrogen-bond acceptors (Lipinski definition) is 20. The van der Waals surface area contributed by atoms with Gasteiger partial charge in [-0.25, -0.2) is 14.4 Å². The number of nitrogens with zero attached hydrogens (tertiary/aromatic N) is 9. The maximum Gasteiger partial charge on any atom is 0.323 e. The van der Waals surface area contributed by atoms with Crippen LogP contribution < -0.4 is 50.8 Å². The highest BCUT2D eigenvalue weighted by Crippen LogP contribution is 2.42. The van der Waals surface area contributed by atoms with Gasteiger partial charge in [-0.2, -0.15) is 0 Å². The van der Waals surface area contributed by atoms with Crippen LogP contribution in [0.2, 0.25) is 0 Å². The topological polar surface area (TPSA) is 351 Å². The highest BCUT2D eigenvalue weighted by Gasteiger charge is 2.51. The summed E-state index contributed by atoms with van der Waals surface area (Å²) in [4.78, 5) is 133. The molecule has 30 heteroatoms. The van der Waals surface area contributed by atoms with E-state index in [2.05, 4.69) is 118 Å². The van der Waals surface area contributed by atoms with Gasteiger partial charge in [-0.1, -0.05) is 84.0 Å². The van der Waals surface area contributed by atoms with Crippen LogP contribution in [0.4, 0.5) is 14.4 Å². The number of pyridine rings is 1. The molecule has 0 radical (unpaired) electrons. The van der Waals surface area contributed by atoms with Crippen LogP contribution >= 0.6 is 0 Å². The number of hydrogen-bond donors (Lipinski definition) is 8. The first-order chi connectivity index (χ1) is 56.4. The molecule has 7 aromatic rings. The number of rotatable bonds is 15. The number of piperazine rings is 1. The number of benzene rings is 6. The third-order valence-corrected chi connectivity index (χ3v) is 22.3. The quantitative estimate of drug-likeness (QED) is 0.0155. The highest BCUT2D eigenvalue weighted by atomic mass is 16.5. The summed E-state index contributed by atoms with van der Waals surface area (Å²) in [5, 5.41) is 38.2. The number of likely N-dealkylation sites (N-methyl/N-ethyl adjacent to an activating group) is 1. The Hall–Kier alpha value is -13.3. The average Bonchev–Trinajstić information content (AvgIpc) is 1.31. The fraction of sp³-hybridized carbons (Fsp3) is 0.345. The van der Waals surface area contributed by atoms with Crippen molar-refractivity contribution in [2.75, 3.05) is 106 Å². The van der Waals surface area contributed by atoms with Crippen molar-refractivity contribution in [3.63, 3.8) is 0 Å². The average molecular weight is 1580 g/mol. The zero-order valence-electron chi connectivity index (χ0n) is 65.8. The van der Waals surface area contributed by atoms with E-state index < -0.39 is 52.4 Å². The van der Waals surface area contributed by atoms with E-state index in [9.17, 15) is 53.5 Å². The van der Waals surface area contributed by atoms with Gasteiger partial charge in [0.05, 0.1) is 53.6 Å². The minimum Gasteiger partial charge on any atom is -0.497 e. The molecule has 0 saturated carbocycles. The number of amidine groups is 1. The Bertz CT molecular complexity index is 5360. The SMILES string of the molecule is CCN1CCN(C(CO)c2ccc(C#C[C@]3(CN4Cc5ccc(OC)cc5C4=O)NC(=O)NC3=O)cc2)CC1.COc1ccc2c(c1)C(=O)N(C[C@@]1(C#Cc3ccc(C(=NO)N4CCCN(C(C)C)CC4)cc3)NC(=O)NC1=O)C2.COc1ccc2c(c1)C(=O)N(C[C@@]1(C#Cc3ccc4c(c3)C(C)Oc3cccnc3-4)NC(=O)NC1=O)C2. The molecule has 602 valence electrons. The Morgan fingerprint density at radius 3 is 1.43 bits per heavy atom. The number of ether oxygens (including phenoxy) is 4. The lowest BCUT2D eigenvalue weighted by Crippen LogP contribution is -2.54. The molecular weight excluding hydrogens is 1500 g/mol. The van der Waals surface area contributed by atoms with E-state index in [-0.39, 0.29) is 62.7 Å².